The van der Waals surface area contributed by atoms with E-state index in [2.05, 4.69) is 15.5 Å². The van der Waals surface area contributed by atoms with Gasteiger partial charge in [0.1, 0.15) is 5.75 Å². The van der Waals surface area contributed by atoms with Crippen molar-refractivity contribution < 1.29 is 9.53 Å². The van der Waals surface area contributed by atoms with Crippen LogP contribution < -0.4 is 10.1 Å². The Balaban J connectivity index is 1.45. The summed E-state index contributed by atoms with van der Waals surface area (Å²) in [4.78, 5) is 12.6. The van der Waals surface area contributed by atoms with Crippen molar-refractivity contribution in [2.24, 2.45) is 0 Å². The zero-order valence-corrected chi connectivity index (χ0v) is 17.2. The number of aryl methyl sites for hydroxylation is 3. The lowest BCUT2D eigenvalue weighted by atomic mass is 9.92. The second-order valence-electron chi connectivity index (χ2n) is 7.57. The molecule has 1 unspecified atom stereocenters. The number of methoxy groups -OCH3 is 1. The van der Waals surface area contributed by atoms with Gasteiger partial charge in [-0.3, -0.25) is 9.48 Å². The van der Waals surface area contributed by atoms with Crippen LogP contribution in [0.15, 0.2) is 36.5 Å². The predicted octanol–water partition coefficient (Wildman–Crippen LogP) is 3.28. The third-order valence-electron chi connectivity index (χ3n) is 5.49. The standard InChI is InChI=1S/C22H27N5O2/c1-15-13-16(2)26(25-15)12-11-22(28)24-20-5-4-6-21-19(20)14-23-27(21)17-7-9-18(29-3)10-8-17/h7-10,13-14,20H,4-6,11-12H2,1-3H3,(H,24,28). The molecule has 7 heteroatoms. The van der Waals surface area contributed by atoms with Crippen LogP contribution in [0.5, 0.6) is 5.75 Å². The van der Waals surface area contributed by atoms with Crippen LogP contribution in [0, 0.1) is 13.8 Å². The lowest BCUT2D eigenvalue weighted by Crippen LogP contribution is -2.31. The van der Waals surface area contributed by atoms with Gasteiger partial charge in [-0.1, -0.05) is 0 Å². The number of nitrogens with one attached hydrogen (secondary N) is 1. The first-order valence-corrected chi connectivity index (χ1v) is 10.1. The molecule has 29 heavy (non-hydrogen) atoms. The second kappa shape index (κ2) is 8.11. The van der Waals surface area contributed by atoms with Crippen LogP contribution >= 0.6 is 0 Å². The Hall–Kier alpha value is -3.09. The summed E-state index contributed by atoms with van der Waals surface area (Å²) in [6.07, 6.45) is 5.23. The number of amides is 1. The molecule has 0 spiro atoms. The first kappa shape index (κ1) is 19.2. The number of hydrogen-bond acceptors (Lipinski definition) is 4. The zero-order chi connectivity index (χ0) is 20.4. The minimum Gasteiger partial charge on any atom is -0.497 e. The van der Waals surface area contributed by atoms with Crippen molar-refractivity contribution in [1.29, 1.82) is 0 Å². The lowest BCUT2D eigenvalue weighted by molar-refractivity contribution is -0.122. The molecule has 0 fully saturated rings. The highest BCUT2D eigenvalue weighted by molar-refractivity contribution is 5.76. The molecule has 1 aliphatic rings. The van der Waals surface area contributed by atoms with Crippen molar-refractivity contribution in [2.45, 2.75) is 52.1 Å². The van der Waals surface area contributed by atoms with Gasteiger partial charge in [0.2, 0.25) is 5.91 Å². The number of carbonyl (C=O) groups excluding carboxylic acids is 1. The van der Waals surface area contributed by atoms with Crippen LogP contribution in [-0.4, -0.2) is 32.6 Å². The highest BCUT2D eigenvalue weighted by atomic mass is 16.5. The molecular weight excluding hydrogens is 366 g/mol. The minimum absolute atomic E-state index is 0.0127. The summed E-state index contributed by atoms with van der Waals surface area (Å²) >= 11 is 0. The van der Waals surface area contributed by atoms with Gasteiger partial charge in [-0.2, -0.15) is 10.2 Å². The maximum Gasteiger partial charge on any atom is 0.222 e. The summed E-state index contributed by atoms with van der Waals surface area (Å²) < 4.78 is 9.11. The lowest BCUT2D eigenvalue weighted by Gasteiger charge is -2.24. The molecule has 4 rings (SSSR count). The van der Waals surface area contributed by atoms with Crippen LogP contribution in [0.3, 0.4) is 0 Å². The van der Waals surface area contributed by atoms with Crippen molar-refractivity contribution in [1.82, 2.24) is 24.9 Å². The molecule has 2 aromatic heterocycles. The van der Waals surface area contributed by atoms with Gasteiger partial charge < -0.3 is 10.1 Å². The number of carbonyl (C=O) groups is 1. The van der Waals surface area contributed by atoms with E-state index >= 15 is 0 Å². The quantitative estimate of drug-likeness (QED) is 0.697. The van der Waals surface area contributed by atoms with Gasteiger partial charge in [-0.05, 0) is 63.4 Å². The molecule has 1 atom stereocenters. The summed E-state index contributed by atoms with van der Waals surface area (Å²) in [7, 11) is 1.66. The number of ether oxygens (including phenoxy) is 1. The highest BCUT2D eigenvalue weighted by Gasteiger charge is 2.26. The molecule has 152 valence electrons. The van der Waals surface area contributed by atoms with Crippen molar-refractivity contribution in [3.63, 3.8) is 0 Å². The zero-order valence-electron chi connectivity index (χ0n) is 17.2. The van der Waals surface area contributed by atoms with Gasteiger partial charge >= 0.3 is 0 Å². The largest absolute Gasteiger partial charge is 0.497 e. The van der Waals surface area contributed by atoms with Crippen LogP contribution in [0.2, 0.25) is 0 Å². The average Bonchev–Trinajstić information content (AvgIpc) is 3.29. The SMILES string of the molecule is COc1ccc(-n2ncc3c2CCCC3NC(=O)CCn2nc(C)cc2C)cc1. The summed E-state index contributed by atoms with van der Waals surface area (Å²) in [6, 6.07) is 9.91. The molecule has 3 aromatic rings. The minimum atomic E-state index is 0.0127. The molecule has 0 saturated carbocycles. The normalized spacial score (nSPS) is 15.8. The van der Waals surface area contributed by atoms with E-state index in [9.17, 15) is 4.79 Å². The Morgan fingerprint density at radius 2 is 2.07 bits per heavy atom. The Labute approximate surface area is 170 Å². The third-order valence-corrected chi connectivity index (χ3v) is 5.49. The number of rotatable bonds is 6. The molecule has 0 radical (unpaired) electrons. The molecule has 1 aliphatic carbocycles. The van der Waals surface area contributed by atoms with Crippen LogP contribution in [0.4, 0.5) is 0 Å². The monoisotopic (exact) mass is 393 g/mol. The Kier molecular flexibility index (Phi) is 5.38. The van der Waals surface area contributed by atoms with Crippen LogP contribution in [0.25, 0.3) is 5.69 Å². The second-order valence-corrected chi connectivity index (χ2v) is 7.57. The van der Waals surface area contributed by atoms with Crippen molar-refractivity contribution >= 4 is 5.91 Å². The predicted molar refractivity (Wildman–Crippen MR) is 110 cm³/mol. The smallest absolute Gasteiger partial charge is 0.222 e. The van der Waals surface area contributed by atoms with Crippen molar-refractivity contribution in [2.75, 3.05) is 7.11 Å². The fourth-order valence-corrected chi connectivity index (χ4v) is 4.03. The van der Waals surface area contributed by atoms with Crippen molar-refractivity contribution in [3.8, 4) is 11.4 Å². The van der Waals surface area contributed by atoms with E-state index in [4.69, 9.17) is 4.74 Å². The van der Waals surface area contributed by atoms with E-state index in [0.717, 1.165) is 47.7 Å². The van der Waals surface area contributed by atoms with E-state index in [1.165, 1.54) is 5.69 Å². The van der Waals surface area contributed by atoms with E-state index < -0.39 is 0 Å². The summed E-state index contributed by atoms with van der Waals surface area (Å²) in [5, 5.41) is 12.2. The summed E-state index contributed by atoms with van der Waals surface area (Å²) in [5.41, 5.74) is 5.35. The molecule has 0 bridgehead atoms. The van der Waals surface area contributed by atoms with E-state index in [0.29, 0.717) is 13.0 Å². The fourth-order valence-electron chi connectivity index (χ4n) is 4.03. The van der Waals surface area contributed by atoms with Crippen LogP contribution in [-0.2, 0) is 17.8 Å². The highest BCUT2D eigenvalue weighted by Crippen LogP contribution is 2.31. The topological polar surface area (TPSA) is 74.0 Å². The molecular formula is C22H27N5O2. The number of benzene rings is 1. The fraction of sp³-hybridized carbons (Fsp3) is 0.409. The summed E-state index contributed by atoms with van der Waals surface area (Å²) in [5.74, 6) is 0.870. The first-order chi connectivity index (χ1) is 14.0. The Bertz CT molecular complexity index is 1000. The first-order valence-electron chi connectivity index (χ1n) is 10.1. The van der Waals surface area contributed by atoms with Gasteiger partial charge in [0.25, 0.3) is 0 Å². The van der Waals surface area contributed by atoms with Gasteiger partial charge in [0, 0.05) is 29.9 Å². The molecule has 1 N–H and O–H groups in total. The number of hydrogen-bond donors (Lipinski definition) is 1. The Morgan fingerprint density at radius 3 is 2.76 bits per heavy atom. The molecule has 2 heterocycles. The van der Waals surface area contributed by atoms with E-state index in [1.54, 1.807) is 7.11 Å². The van der Waals surface area contributed by atoms with Gasteiger partial charge in [0.05, 0.1) is 30.7 Å². The van der Waals surface area contributed by atoms with Gasteiger partial charge in [-0.15, -0.1) is 0 Å². The summed E-state index contributed by atoms with van der Waals surface area (Å²) in [6.45, 7) is 4.57. The van der Waals surface area contributed by atoms with Crippen molar-refractivity contribution in [3.05, 3.63) is 59.2 Å². The molecule has 0 aliphatic heterocycles. The molecule has 1 amide bonds. The molecule has 7 nitrogen and oxygen atoms in total. The molecule has 0 saturated heterocycles. The van der Waals surface area contributed by atoms with Gasteiger partial charge in [-0.25, -0.2) is 4.68 Å². The Morgan fingerprint density at radius 1 is 1.28 bits per heavy atom. The molecule has 1 aromatic carbocycles. The maximum absolute atomic E-state index is 12.6. The average molecular weight is 393 g/mol. The number of fused-ring (bicyclic) bond motifs is 1. The number of nitrogens with zero attached hydrogens (tertiary/aromatic N) is 4. The van der Waals surface area contributed by atoms with Crippen LogP contribution in [0.1, 0.15) is 47.9 Å². The van der Waals surface area contributed by atoms with E-state index in [-0.39, 0.29) is 11.9 Å². The third kappa shape index (κ3) is 4.04. The van der Waals surface area contributed by atoms with E-state index in [1.807, 2.05) is 59.7 Å². The number of aromatic nitrogens is 4. The van der Waals surface area contributed by atoms with Gasteiger partial charge in [0.15, 0.2) is 0 Å². The maximum atomic E-state index is 12.6.